The van der Waals surface area contributed by atoms with Crippen molar-refractivity contribution in [3.05, 3.63) is 18.0 Å². The van der Waals surface area contributed by atoms with E-state index in [1.165, 1.54) is 0 Å². The Morgan fingerprint density at radius 3 is 2.18 bits per heavy atom. The maximum Gasteiger partial charge on any atom is 0.111 e. The molecule has 0 saturated heterocycles. The molecule has 0 unspecified atom stereocenters. The van der Waals surface area contributed by atoms with Crippen molar-refractivity contribution < 1.29 is 4.57 Å². The molecule has 0 saturated carbocycles. The van der Waals surface area contributed by atoms with Crippen molar-refractivity contribution in [1.82, 2.24) is 10.2 Å². The highest BCUT2D eigenvalue weighted by Crippen LogP contribution is 2.34. The molecule has 0 spiro atoms. The molecule has 1 heterocycles. The number of aryl methyl sites for hydroxylation is 1. The lowest BCUT2D eigenvalue weighted by Crippen LogP contribution is -2.08. The zero-order chi connectivity index (χ0) is 8.48. The summed E-state index contributed by atoms with van der Waals surface area (Å²) in [5.74, 6) is 0. The Bertz CT molecular complexity index is 305. The topological polar surface area (TPSA) is 42.9 Å². The Morgan fingerprint density at radius 1 is 1.27 bits per heavy atom. The van der Waals surface area contributed by atoms with Crippen LogP contribution in [0.2, 0.25) is 0 Å². The van der Waals surface area contributed by atoms with Crippen molar-refractivity contribution in [1.29, 1.82) is 0 Å². The minimum Gasteiger partial charge on any atom is -0.319 e. The van der Waals surface area contributed by atoms with Gasteiger partial charge in [-0.3, -0.25) is 0 Å². The van der Waals surface area contributed by atoms with Gasteiger partial charge in [0, 0.05) is 5.30 Å². The molecule has 1 aromatic rings. The molecule has 0 amide bonds. The third kappa shape index (κ3) is 1.87. The summed E-state index contributed by atoms with van der Waals surface area (Å²) in [6.07, 6.45) is 3.21. The average molecular weight is 170 g/mol. The van der Waals surface area contributed by atoms with E-state index in [2.05, 4.69) is 10.2 Å². The number of aromatic nitrogens is 2. The van der Waals surface area contributed by atoms with E-state index >= 15 is 0 Å². The fraction of sp³-hybridized carbons (Fsp3) is 0.429. The van der Waals surface area contributed by atoms with Gasteiger partial charge in [-0.2, -0.15) is 10.2 Å². The Hall–Kier alpha value is -0.690. The molecule has 0 aliphatic heterocycles. The van der Waals surface area contributed by atoms with Gasteiger partial charge >= 0.3 is 0 Å². The van der Waals surface area contributed by atoms with Crippen molar-refractivity contribution in [2.75, 3.05) is 13.3 Å². The predicted octanol–water partition coefficient (Wildman–Crippen LogP) is 1.03. The first kappa shape index (κ1) is 8.41. The summed E-state index contributed by atoms with van der Waals surface area (Å²) in [4.78, 5) is 0. The molecule has 0 bridgehead atoms. The first-order valence-electron chi connectivity index (χ1n) is 3.34. The summed E-state index contributed by atoms with van der Waals surface area (Å²) >= 11 is 0. The van der Waals surface area contributed by atoms with Crippen molar-refractivity contribution >= 4 is 12.4 Å². The second kappa shape index (κ2) is 2.74. The number of hydrogen-bond acceptors (Lipinski definition) is 3. The van der Waals surface area contributed by atoms with Gasteiger partial charge in [0.2, 0.25) is 0 Å². The largest absolute Gasteiger partial charge is 0.319 e. The van der Waals surface area contributed by atoms with Gasteiger partial charge in [0.05, 0.1) is 12.4 Å². The third-order valence-corrected chi connectivity index (χ3v) is 3.11. The maximum atomic E-state index is 11.6. The summed E-state index contributed by atoms with van der Waals surface area (Å²) in [6, 6.07) is 0. The Labute approximate surface area is 66.2 Å². The predicted molar refractivity (Wildman–Crippen MR) is 45.9 cm³/mol. The van der Waals surface area contributed by atoms with E-state index in [9.17, 15) is 4.57 Å². The smallest absolute Gasteiger partial charge is 0.111 e. The van der Waals surface area contributed by atoms with Gasteiger partial charge in [0.15, 0.2) is 0 Å². The van der Waals surface area contributed by atoms with E-state index in [0.29, 0.717) is 0 Å². The fourth-order valence-corrected chi connectivity index (χ4v) is 2.18. The first-order chi connectivity index (χ1) is 5.02. The average Bonchev–Trinajstić information content (AvgIpc) is 1.86. The van der Waals surface area contributed by atoms with E-state index in [4.69, 9.17) is 0 Å². The molecular formula is C7H11N2OP. The van der Waals surface area contributed by atoms with E-state index < -0.39 is 7.14 Å². The van der Waals surface area contributed by atoms with Crippen LogP contribution in [-0.4, -0.2) is 23.5 Å². The summed E-state index contributed by atoms with van der Waals surface area (Å²) in [6.45, 7) is 5.36. The molecule has 1 rings (SSSR count). The Balaban J connectivity index is 3.25. The van der Waals surface area contributed by atoms with Crippen LogP contribution in [0.1, 0.15) is 5.56 Å². The highest BCUT2D eigenvalue weighted by Gasteiger charge is 2.13. The molecule has 3 nitrogen and oxygen atoms in total. The Morgan fingerprint density at radius 2 is 1.82 bits per heavy atom. The Kier molecular flexibility index (Phi) is 2.10. The third-order valence-electron chi connectivity index (χ3n) is 1.48. The fourth-order valence-electron chi connectivity index (χ4n) is 0.940. The van der Waals surface area contributed by atoms with Crippen molar-refractivity contribution in [2.24, 2.45) is 0 Å². The molecule has 60 valence electrons. The standard InChI is InChI=1S/C7H11N2OP/c1-6-4-8-9-5-7(6)11(2,3)10/h4-5H,1-3H3. The van der Waals surface area contributed by atoms with Crippen LogP contribution in [0.25, 0.3) is 0 Å². The molecule has 4 heteroatoms. The van der Waals surface area contributed by atoms with Crippen LogP contribution in [0.4, 0.5) is 0 Å². The van der Waals surface area contributed by atoms with Gasteiger partial charge in [0.25, 0.3) is 0 Å². The highest BCUT2D eigenvalue weighted by molar-refractivity contribution is 7.70. The zero-order valence-electron chi connectivity index (χ0n) is 6.90. The SMILES string of the molecule is Cc1cnncc1P(C)(C)=O. The molecule has 0 N–H and O–H groups in total. The second-order valence-corrected chi connectivity index (χ2v) is 6.09. The van der Waals surface area contributed by atoms with Gasteiger partial charge in [0.1, 0.15) is 7.14 Å². The lowest BCUT2D eigenvalue weighted by Gasteiger charge is -2.07. The summed E-state index contributed by atoms with van der Waals surface area (Å²) < 4.78 is 11.6. The maximum absolute atomic E-state index is 11.6. The molecule has 0 radical (unpaired) electrons. The van der Waals surface area contributed by atoms with Crippen LogP contribution in [0.5, 0.6) is 0 Å². The second-order valence-electron chi connectivity index (χ2n) is 2.91. The minimum absolute atomic E-state index is 0.826. The van der Waals surface area contributed by atoms with Crippen molar-refractivity contribution in [2.45, 2.75) is 6.92 Å². The summed E-state index contributed by atoms with van der Waals surface area (Å²) in [5, 5.41) is 8.20. The lowest BCUT2D eigenvalue weighted by atomic mass is 10.4. The number of hydrogen-bond donors (Lipinski definition) is 0. The normalized spacial score (nSPS) is 11.5. The monoisotopic (exact) mass is 170 g/mol. The molecular weight excluding hydrogens is 159 g/mol. The van der Waals surface area contributed by atoms with Gasteiger partial charge in [-0.25, -0.2) is 0 Å². The lowest BCUT2D eigenvalue weighted by molar-refractivity contribution is 0.588. The minimum atomic E-state index is -2.16. The van der Waals surface area contributed by atoms with Gasteiger partial charge in [-0.1, -0.05) is 0 Å². The van der Waals surface area contributed by atoms with Crippen LogP contribution < -0.4 is 5.30 Å². The number of rotatable bonds is 1. The zero-order valence-corrected chi connectivity index (χ0v) is 7.80. The molecule has 0 aromatic carbocycles. The molecule has 0 fully saturated rings. The van der Waals surface area contributed by atoms with Crippen LogP contribution in [0.15, 0.2) is 12.4 Å². The van der Waals surface area contributed by atoms with E-state index in [0.717, 1.165) is 10.9 Å². The van der Waals surface area contributed by atoms with E-state index in [-0.39, 0.29) is 0 Å². The van der Waals surface area contributed by atoms with E-state index in [1.54, 1.807) is 25.7 Å². The molecule has 0 aliphatic rings. The molecule has 0 atom stereocenters. The van der Waals surface area contributed by atoms with Gasteiger partial charge in [-0.05, 0) is 25.8 Å². The first-order valence-corrected chi connectivity index (χ1v) is 5.95. The number of nitrogens with zero attached hydrogens (tertiary/aromatic N) is 2. The van der Waals surface area contributed by atoms with Crippen LogP contribution in [0, 0.1) is 6.92 Å². The van der Waals surface area contributed by atoms with Gasteiger partial charge in [-0.15, -0.1) is 0 Å². The van der Waals surface area contributed by atoms with Crippen LogP contribution in [0.3, 0.4) is 0 Å². The summed E-state index contributed by atoms with van der Waals surface area (Å²) in [5.41, 5.74) is 0.952. The molecule has 11 heavy (non-hydrogen) atoms. The van der Waals surface area contributed by atoms with Crippen molar-refractivity contribution in [3.8, 4) is 0 Å². The molecule has 1 aromatic heterocycles. The molecule has 0 aliphatic carbocycles. The highest BCUT2D eigenvalue weighted by atomic mass is 31.2. The van der Waals surface area contributed by atoms with Crippen LogP contribution in [-0.2, 0) is 4.57 Å². The van der Waals surface area contributed by atoms with E-state index in [1.807, 2.05) is 6.92 Å². The quantitative estimate of drug-likeness (QED) is 0.591. The summed E-state index contributed by atoms with van der Waals surface area (Å²) in [7, 11) is -2.16. The van der Waals surface area contributed by atoms with Crippen molar-refractivity contribution in [3.63, 3.8) is 0 Å². The van der Waals surface area contributed by atoms with Gasteiger partial charge < -0.3 is 4.57 Å². The van der Waals surface area contributed by atoms with Crippen LogP contribution >= 0.6 is 7.14 Å².